The Balaban J connectivity index is 1.97. The average molecular weight is 360 g/mol. The van der Waals surface area contributed by atoms with E-state index >= 15 is 0 Å². The van der Waals surface area contributed by atoms with E-state index in [-0.39, 0.29) is 18.4 Å². The first-order valence-corrected chi connectivity index (χ1v) is 8.50. The van der Waals surface area contributed by atoms with E-state index in [0.717, 1.165) is 5.69 Å². The molecular weight excluding hydrogens is 338 g/mol. The second kappa shape index (κ2) is 9.08. The van der Waals surface area contributed by atoms with Gasteiger partial charge >= 0.3 is 0 Å². The highest BCUT2D eigenvalue weighted by Gasteiger charge is 2.13. The fourth-order valence-corrected chi connectivity index (χ4v) is 2.35. The molecule has 132 valence electrons. The summed E-state index contributed by atoms with van der Waals surface area (Å²) in [5.41, 5.74) is 1.69. The van der Waals surface area contributed by atoms with Crippen LogP contribution in [-0.2, 0) is 4.79 Å². The van der Waals surface area contributed by atoms with Crippen LogP contribution in [0.15, 0.2) is 48.5 Å². The molecule has 2 rings (SSSR count). The molecule has 0 heterocycles. The standard InChI is InChI=1S/C19H22ClN3O2/c1-13(2)11-22-19(25)16-8-3-4-9-17(16)23-18(24)12-21-15-7-5-6-14(20)10-15/h3-10,13,21H,11-12H2,1-2H3,(H,22,25)(H,23,24). The van der Waals surface area contributed by atoms with Crippen molar-refractivity contribution in [3.8, 4) is 0 Å². The van der Waals surface area contributed by atoms with Gasteiger partial charge in [-0.1, -0.05) is 43.6 Å². The second-order valence-electron chi connectivity index (χ2n) is 6.06. The number of para-hydroxylation sites is 1. The van der Waals surface area contributed by atoms with Crippen molar-refractivity contribution in [2.45, 2.75) is 13.8 Å². The molecule has 2 aromatic carbocycles. The van der Waals surface area contributed by atoms with Crippen LogP contribution in [0, 0.1) is 5.92 Å². The predicted molar refractivity (Wildman–Crippen MR) is 102 cm³/mol. The number of carbonyl (C=O) groups excluding carboxylic acids is 2. The van der Waals surface area contributed by atoms with Crippen molar-refractivity contribution in [1.29, 1.82) is 0 Å². The summed E-state index contributed by atoms with van der Waals surface area (Å²) in [5.74, 6) is -0.0934. The van der Waals surface area contributed by atoms with Crippen LogP contribution < -0.4 is 16.0 Å². The molecule has 0 unspecified atom stereocenters. The minimum absolute atomic E-state index is 0.0717. The van der Waals surface area contributed by atoms with Crippen molar-refractivity contribution in [1.82, 2.24) is 5.32 Å². The maximum atomic E-state index is 12.3. The fraction of sp³-hybridized carbons (Fsp3) is 0.263. The lowest BCUT2D eigenvalue weighted by Gasteiger charge is -2.13. The molecule has 0 atom stereocenters. The quantitative estimate of drug-likeness (QED) is 0.704. The molecular formula is C19H22ClN3O2. The van der Waals surface area contributed by atoms with Gasteiger partial charge in [-0.3, -0.25) is 9.59 Å². The van der Waals surface area contributed by atoms with Crippen LogP contribution in [0.5, 0.6) is 0 Å². The Morgan fingerprint density at radius 2 is 1.84 bits per heavy atom. The molecule has 2 amide bonds. The number of carbonyl (C=O) groups is 2. The summed E-state index contributed by atoms with van der Waals surface area (Å²) in [7, 11) is 0. The third kappa shape index (κ3) is 6.12. The molecule has 0 aliphatic rings. The van der Waals surface area contributed by atoms with Gasteiger partial charge in [0.05, 0.1) is 17.8 Å². The number of rotatable bonds is 7. The summed E-state index contributed by atoms with van der Waals surface area (Å²) in [4.78, 5) is 24.4. The smallest absolute Gasteiger partial charge is 0.253 e. The number of benzene rings is 2. The molecule has 5 nitrogen and oxygen atoms in total. The van der Waals surface area contributed by atoms with Gasteiger partial charge in [-0.25, -0.2) is 0 Å². The van der Waals surface area contributed by atoms with Crippen LogP contribution in [0.2, 0.25) is 5.02 Å². The van der Waals surface area contributed by atoms with Crippen LogP contribution in [0.3, 0.4) is 0 Å². The van der Waals surface area contributed by atoms with E-state index in [4.69, 9.17) is 11.6 Å². The van der Waals surface area contributed by atoms with E-state index in [0.29, 0.717) is 28.7 Å². The maximum absolute atomic E-state index is 12.3. The van der Waals surface area contributed by atoms with Crippen molar-refractivity contribution in [3.63, 3.8) is 0 Å². The van der Waals surface area contributed by atoms with E-state index in [1.165, 1.54) is 0 Å². The summed E-state index contributed by atoms with van der Waals surface area (Å²) in [5, 5.41) is 9.22. The molecule has 25 heavy (non-hydrogen) atoms. The topological polar surface area (TPSA) is 70.2 Å². The third-order valence-electron chi connectivity index (χ3n) is 3.39. The van der Waals surface area contributed by atoms with Gasteiger partial charge in [-0.15, -0.1) is 0 Å². The molecule has 0 aliphatic carbocycles. The molecule has 0 saturated carbocycles. The molecule has 0 aliphatic heterocycles. The summed E-state index contributed by atoms with van der Waals surface area (Å²) in [6.45, 7) is 4.70. The Kier molecular flexibility index (Phi) is 6.83. The van der Waals surface area contributed by atoms with Crippen molar-refractivity contribution in [2.24, 2.45) is 5.92 Å². The van der Waals surface area contributed by atoms with Crippen LogP contribution in [0.1, 0.15) is 24.2 Å². The van der Waals surface area contributed by atoms with E-state index in [9.17, 15) is 9.59 Å². The number of halogens is 1. The zero-order chi connectivity index (χ0) is 18.2. The van der Waals surface area contributed by atoms with Crippen molar-refractivity contribution >= 4 is 34.8 Å². The minimum Gasteiger partial charge on any atom is -0.376 e. The van der Waals surface area contributed by atoms with Crippen molar-refractivity contribution in [2.75, 3.05) is 23.7 Å². The monoisotopic (exact) mass is 359 g/mol. The van der Waals surface area contributed by atoms with Gasteiger partial charge in [0.1, 0.15) is 0 Å². The first-order valence-electron chi connectivity index (χ1n) is 8.12. The van der Waals surface area contributed by atoms with Gasteiger partial charge in [0.2, 0.25) is 5.91 Å². The highest BCUT2D eigenvalue weighted by molar-refractivity contribution is 6.30. The molecule has 6 heteroatoms. The highest BCUT2D eigenvalue weighted by Crippen LogP contribution is 2.16. The molecule has 0 fully saturated rings. The Bertz CT molecular complexity index is 747. The SMILES string of the molecule is CC(C)CNC(=O)c1ccccc1NC(=O)CNc1cccc(Cl)c1. The van der Waals surface area contributed by atoms with Crippen LogP contribution >= 0.6 is 11.6 Å². The predicted octanol–water partition coefficient (Wildman–Crippen LogP) is 3.78. The minimum atomic E-state index is -0.246. The average Bonchev–Trinajstić information content (AvgIpc) is 2.58. The Hall–Kier alpha value is -2.53. The van der Waals surface area contributed by atoms with Crippen LogP contribution in [0.25, 0.3) is 0 Å². The summed E-state index contributed by atoms with van der Waals surface area (Å²) in [6, 6.07) is 14.1. The Labute approximate surface area is 152 Å². The molecule has 0 aromatic heterocycles. The maximum Gasteiger partial charge on any atom is 0.253 e. The van der Waals surface area contributed by atoms with Crippen LogP contribution in [-0.4, -0.2) is 24.9 Å². The van der Waals surface area contributed by atoms with Gasteiger partial charge in [-0.05, 0) is 36.2 Å². The van der Waals surface area contributed by atoms with Gasteiger partial charge in [0.25, 0.3) is 5.91 Å². The van der Waals surface area contributed by atoms with E-state index < -0.39 is 0 Å². The molecule has 3 N–H and O–H groups in total. The second-order valence-corrected chi connectivity index (χ2v) is 6.50. The van der Waals surface area contributed by atoms with Crippen molar-refractivity contribution in [3.05, 3.63) is 59.1 Å². The van der Waals surface area contributed by atoms with E-state index in [1.54, 1.807) is 42.5 Å². The Morgan fingerprint density at radius 1 is 1.08 bits per heavy atom. The van der Waals surface area contributed by atoms with Gasteiger partial charge in [0.15, 0.2) is 0 Å². The van der Waals surface area contributed by atoms with E-state index in [1.807, 2.05) is 19.9 Å². The molecule has 2 aromatic rings. The zero-order valence-electron chi connectivity index (χ0n) is 14.3. The summed E-state index contributed by atoms with van der Waals surface area (Å²) in [6.07, 6.45) is 0. The lowest BCUT2D eigenvalue weighted by Crippen LogP contribution is -2.29. The lowest BCUT2D eigenvalue weighted by atomic mass is 10.1. The first-order chi connectivity index (χ1) is 12.0. The normalized spacial score (nSPS) is 10.4. The number of anilines is 2. The zero-order valence-corrected chi connectivity index (χ0v) is 15.1. The van der Waals surface area contributed by atoms with Crippen LogP contribution in [0.4, 0.5) is 11.4 Å². The molecule has 0 radical (unpaired) electrons. The molecule has 0 spiro atoms. The van der Waals surface area contributed by atoms with Gasteiger partial charge < -0.3 is 16.0 Å². The lowest BCUT2D eigenvalue weighted by molar-refractivity contribution is -0.114. The molecule has 0 bridgehead atoms. The fourth-order valence-electron chi connectivity index (χ4n) is 2.16. The highest BCUT2D eigenvalue weighted by atomic mass is 35.5. The summed E-state index contributed by atoms with van der Waals surface area (Å²) < 4.78 is 0. The third-order valence-corrected chi connectivity index (χ3v) is 3.63. The number of nitrogens with one attached hydrogen (secondary N) is 3. The number of amides is 2. The number of hydrogen-bond acceptors (Lipinski definition) is 3. The van der Waals surface area contributed by atoms with Gasteiger partial charge in [-0.2, -0.15) is 0 Å². The molecule has 0 saturated heterocycles. The summed E-state index contributed by atoms with van der Waals surface area (Å²) >= 11 is 5.91. The van der Waals surface area contributed by atoms with Crippen molar-refractivity contribution < 1.29 is 9.59 Å². The first kappa shape index (κ1) is 18.8. The Morgan fingerprint density at radius 3 is 2.56 bits per heavy atom. The van der Waals surface area contributed by atoms with E-state index in [2.05, 4.69) is 16.0 Å². The number of hydrogen-bond donors (Lipinski definition) is 3. The largest absolute Gasteiger partial charge is 0.376 e. The van der Waals surface area contributed by atoms with Gasteiger partial charge in [0, 0.05) is 17.3 Å².